The molecule has 10 heteroatoms. The lowest BCUT2D eigenvalue weighted by Crippen LogP contribution is -2.50. The Morgan fingerprint density at radius 1 is 1.23 bits per heavy atom. The Hall–Kier alpha value is -2.85. The molecule has 0 radical (unpaired) electrons. The zero-order valence-corrected chi connectivity index (χ0v) is 17.4. The van der Waals surface area contributed by atoms with E-state index in [2.05, 4.69) is 14.9 Å². The van der Waals surface area contributed by atoms with Crippen molar-refractivity contribution in [2.45, 2.75) is 19.1 Å². The number of hydrogen-bond acceptors (Lipinski definition) is 7. The summed E-state index contributed by atoms with van der Waals surface area (Å²) >= 11 is 0. The highest BCUT2D eigenvalue weighted by atomic mass is 19.4. The third-order valence-electron chi connectivity index (χ3n) is 5.19. The number of hydrogen-bond donors (Lipinski definition) is 1. The number of morpholine rings is 1. The summed E-state index contributed by atoms with van der Waals surface area (Å²) in [5.74, 6) is -0.484. The molecule has 1 atom stereocenters. The summed E-state index contributed by atoms with van der Waals surface area (Å²) in [7, 11) is 3.96. The predicted octanol–water partition coefficient (Wildman–Crippen LogP) is 3.69. The van der Waals surface area contributed by atoms with E-state index in [-0.39, 0.29) is 17.2 Å². The maximum absolute atomic E-state index is 13.0. The number of rotatable bonds is 4. The van der Waals surface area contributed by atoms with Gasteiger partial charge in [0, 0.05) is 18.7 Å². The zero-order valence-electron chi connectivity index (χ0n) is 17.4. The molecule has 1 aromatic carbocycles. The number of aromatic nitrogens is 2. The van der Waals surface area contributed by atoms with Crippen LogP contribution in [0, 0.1) is 6.92 Å². The lowest BCUT2D eigenvalue weighted by atomic mass is 10.0. The first kappa shape index (κ1) is 21.4. The van der Waals surface area contributed by atoms with Crippen molar-refractivity contribution in [2.75, 3.05) is 45.3 Å². The van der Waals surface area contributed by atoms with Gasteiger partial charge in [0.2, 0.25) is 5.65 Å². The number of benzene rings is 1. The lowest BCUT2D eigenvalue weighted by Gasteiger charge is -2.35. The molecule has 7 nitrogen and oxygen atoms in total. The Kier molecular flexibility index (Phi) is 5.52. The Morgan fingerprint density at radius 2 is 2.00 bits per heavy atom. The third-order valence-corrected chi connectivity index (χ3v) is 5.19. The van der Waals surface area contributed by atoms with Crippen LogP contribution >= 0.6 is 0 Å². The van der Waals surface area contributed by atoms with Crippen molar-refractivity contribution < 1.29 is 27.4 Å². The number of halogens is 3. The van der Waals surface area contributed by atoms with E-state index in [9.17, 15) is 18.3 Å². The van der Waals surface area contributed by atoms with Crippen LogP contribution < -0.4 is 4.90 Å². The summed E-state index contributed by atoms with van der Waals surface area (Å²) < 4.78 is 50.5. The minimum Gasteiger partial charge on any atom is -0.507 e. The molecule has 1 aliphatic rings. The molecule has 4 rings (SSSR count). The van der Waals surface area contributed by atoms with Crippen molar-refractivity contribution in [2.24, 2.45) is 0 Å². The van der Waals surface area contributed by atoms with Gasteiger partial charge in [-0.3, -0.25) is 0 Å². The molecule has 0 spiro atoms. The molecule has 2 aromatic heterocycles. The van der Waals surface area contributed by atoms with Gasteiger partial charge < -0.3 is 24.1 Å². The molecule has 0 unspecified atom stereocenters. The summed E-state index contributed by atoms with van der Waals surface area (Å²) in [5, 5.41) is 10.3. The molecule has 0 saturated carbocycles. The Morgan fingerprint density at radius 3 is 2.68 bits per heavy atom. The number of aromatic hydroxyl groups is 1. The fourth-order valence-corrected chi connectivity index (χ4v) is 3.81. The number of oxazole rings is 1. The van der Waals surface area contributed by atoms with Crippen LogP contribution in [0.4, 0.5) is 19.2 Å². The van der Waals surface area contributed by atoms with Crippen molar-refractivity contribution >= 4 is 17.2 Å². The maximum Gasteiger partial charge on any atom is 0.416 e. The number of nitrogens with zero attached hydrogens (tertiary/aromatic N) is 4. The quantitative estimate of drug-likeness (QED) is 0.669. The highest BCUT2D eigenvalue weighted by Gasteiger charge is 2.32. The number of phenolic OH excluding ortho intramolecular Hbond substituents is 1. The fourth-order valence-electron chi connectivity index (χ4n) is 3.81. The third kappa shape index (κ3) is 4.31. The molecular formula is C21H23F3N4O3. The van der Waals surface area contributed by atoms with Crippen LogP contribution in [0.3, 0.4) is 0 Å². The largest absolute Gasteiger partial charge is 0.507 e. The number of fused-ring (bicyclic) bond motifs is 1. The second kappa shape index (κ2) is 8.01. The van der Waals surface area contributed by atoms with E-state index in [0.717, 1.165) is 12.6 Å². The average molecular weight is 436 g/mol. The minimum atomic E-state index is -4.54. The minimum absolute atomic E-state index is 0.0671. The molecule has 3 aromatic rings. The lowest BCUT2D eigenvalue weighted by molar-refractivity contribution is -0.137. The zero-order chi connectivity index (χ0) is 22.3. The van der Waals surface area contributed by atoms with Gasteiger partial charge >= 0.3 is 6.18 Å². The molecule has 166 valence electrons. The summed E-state index contributed by atoms with van der Waals surface area (Å²) in [6.07, 6.45) is -4.54. The summed E-state index contributed by atoms with van der Waals surface area (Å²) in [5.41, 5.74) is 0.691. The van der Waals surface area contributed by atoms with Gasteiger partial charge in [-0.25, -0.2) is 4.98 Å². The summed E-state index contributed by atoms with van der Waals surface area (Å²) in [6.45, 7) is 3.99. The highest BCUT2D eigenvalue weighted by Crippen LogP contribution is 2.39. The van der Waals surface area contributed by atoms with E-state index in [0.29, 0.717) is 48.8 Å². The van der Waals surface area contributed by atoms with Crippen molar-refractivity contribution in [1.29, 1.82) is 0 Å². The Bertz CT molecular complexity index is 1070. The summed E-state index contributed by atoms with van der Waals surface area (Å²) in [4.78, 5) is 13.0. The molecule has 1 saturated heterocycles. The number of pyridine rings is 1. The van der Waals surface area contributed by atoms with Gasteiger partial charge in [-0.15, -0.1) is 0 Å². The molecule has 31 heavy (non-hydrogen) atoms. The Labute approximate surface area is 177 Å². The Balaban J connectivity index is 1.70. The van der Waals surface area contributed by atoms with Crippen LogP contribution in [0.1, 0.15) is 11.1 Å². The molecule has 1 aliphatic heterocycles. The first-order valence-electron chi connectivity index (χ1n) is 9.81. The van der Waals surface area contributed by atoms with E-state index in [1.54, 1.807) is 12.1 Å². The van der Waals surface area contributed by atoms with Gasteiger partial charge in [0.25, 0.3) is 6.01 Å². The van der Waals surface area contributed by atoms with E-state index in [1.165, 1.54) is 6.92 Å². The molecule has 0 bridgehead atoms. The van der Waals surface area contributed by atoms with Gasteiger partial charge in [-0.1, -0.05) is 0 Å². The number of anilines is 1. The van der Waals surface area contributed by atoms with E-state index in [1.807, 2.05) is 19.0 Å². The van der Waals surface area contributed by atoms with Crippen LogP contribution in [0.5, 0.6) is 5.75 Å². The normalized spacial score (nSPS) is 17.6. The topological polar surface area (TPSA) is 74.9 Å². The van der Waals surface area contributed by atoms with Crippen LogP contribution in [-0.2, 0) is 10.9 Å². The van der Waals surface area contributed by atoms with Gasteiger partial charge in [0.15, 0.2) is 5.58 Å². The van der Waals surface area contributed by atoms with Gasteiger partial charge in [-0.2, -0.15) is 18.2 Å². The van der Waals surface area contributed by atoms with Gasteiger partial charge in [-0.05, 0) is 50.8 Å². The highest BCUT2D eigenvalue weighted by molar-refractivity contribution is 5.78. The van der Waals surface area contributed by atoms with Crippen LogP contribution in [0.25, 0.3) is 22.5 Å². The van der Waals surface area contributed by atoms with Crippen LogP contribution in [0.15, 0.2) is 28.7 Å². The number of alkyl halides is 3. The van der Waals surface area contributed by atoms with Crippen molar-refractivity contribution in [3.8, 4) is 17.0 Å². The van der Waals surface area contributed by atoms with Gasteiger partial charge in [0.05, 0.1) is 30.5 Å². The number of aryl methyl sites for hydroxylation is 1. The van der Waals surface area contributed by atoms with E-state index >= 15 is 0 Å². The standard InChI is InChI=1S/C21H23F3N4O3/c1-12-8-13(21(22,23)24)9-16(29)18(12)15-4-5-17-19(25-15)26-20(31-17)28-6-7-30-11-14(28)10-27(2)3/h4-5,8-9,14,29H,6-7,10-11H2,1-3H3/t14-/m1/s1. The predicted molar refractivity (Wildman–Crippen MR) is 109 cm³/mol. The van der Waals surface area contributed by atoms with E-state index in [4.69, 9.17) is 9.15 Å². The van der Waals surface area contributed by atoms with E-state index < -0.39 is 17.5 Å². The van der Waals surface area contributed by atoms with Gasteiger partial charge in [0.1, 0.15) is 5.75 Å². The second-order valence-electron chi connectivity index (χ2n) is 7.88. The number of ether oxygens (including phenoxy) is 1. The van der Waals surface area contributed by atoms with Crippen molar-refractivity contribution in [3.05, 3.63) is 35.4 Å². The first-order chi connectivity index (χ1) is 14.6. The second-order valence-corrected chi connectivity index (χ2v) is 7.88. The fraction of sp³-hybridized carbons (Fsp3) is 0.429. The van der Waals surface area contributed by atoms with Crippen molar-refractivity contribution in [3.63, 3.8) is 0 Å². The molecule has 3 heterocycles. The number of likely N-dealkylation sites (N-methyl/N-ethyl adjacent to an activating group) is 1. The SMILES string of the molecule is Cc1cc(C(F)(F)F)cc(O)c1-c1ccc2oc(N3CCOC[C@H]3CN(C)C)nc2n1. The molecule has 0 amide bonds. The molecular weight excluding hydrogens is 413 g/mol. The molecule has 1 fully saturated rings. The smallest absolute Gasteiger partial charge is 0.416 e. The molecule has 0 aliphatic carbocycles. The molecule has 1 N–H and O–H groups in total. The maximum atomic E-state index is 13.0. The monoisotopic (exact) mass is 436 g/mol. The number of phenols is 1. The average Bonchev–Trinajstić information content (AvgIpc) is 3.10. The van der Waals surface area contributed by atoms with Crippen LogP contribution in [0.2, 0.25) is 0 Å². The van der Waals surface area contributed by atoms with Crippen LogP contribution in [-0.4, -0.2) is 66.4 Å². The first-order valence-corrected chi connectivity index (χ1v) is 9.81. The summed E-state index contributed by atoms with van der Waals surface area (Å²) in [6, 6.07) is 5.45. The van der Waals surface area contributed by atoms with Crippen molar-refractivity contribution in [1.82, 2.24) is 14.9 Å².